The summed E-state index contributed by atoms with van der Waals surface area (Å²) in [6.07, 6.45) is 1.25. The van der Waals surface area contributed by atoms with Crippen LogP contribution in [0.3, 0.4) is 0 Å². The van der Waals surface area contributed by atoms with Crippen molar-refractivity contribution < 1.29 is 4.74 Å². The van der Waals surface area contributed by atoms with Crippen molar-refractivity contribution in [1.29, 1.82) is 0 Å². The van der Waals surface area contributed by atoms with E-state index < -0.39 is 0 Å². The second kappa shape index (κ2) is 9.90. The third-order valence-electron chi connectivity index (χ3n) is 4.99. The standard InChI is InChI=1S/C25H31NOS/c1-18(2)27-23-13-11-22(12-14-23)24(21-9-7-19(3)8-10-21)15-16-26-20(4)25-6-5-17-28-25/h5-14,17-18,20,24,26H,15-16H2,1-4H3. The molecule has 0 aliphatic heterocycles. The molecule has 2 nitrogen and oxygen atoms in total. The molecule has 3 aromatic rings. The van der Waals surface area contributed by atoms with E-state index in [1.54, 1.807) is 0 Å². The quantitative estimate of drug-likeness (QED) is 0.436. The van der Waals surface area contributed by atoms with Crippen LogP contribution in [0.15, 0.2) is 66.0 Å². The predicted molar refractivity (Wildman–Crippen MR) is 121 cm³/mol. The van der Waals surface area contributed by atoms with Crippen LogP contribution in [0.5, 0.6) is 5.75 Å². The summed E-state index contributed by atoms with van der Waals surface area (Å²) in [6, 6.07) is 22.3. The van der Waals surface area contributed by atoms with E-state index in [9.17, 15) is 0 Å². The number of rotatable bonds is 9. The number of nitrogens with one attached hydrogen (secondary N) is 1. The molecule has 2 unspecified atom stereocenters. The second-order valence-electron chi connectivity index (χ2n) is 7.68. The summed E-state index contributed by atoms with van der Waals surface area (Å²) in [5.74, 6) is 1.31. The lowest BCUT2D eigenvalue weighted by Crippen LogP contribution is -2.21. The Balaban J connectivity index is 1.72. The zero-order valence-corrected chi connectivity index (χ0v) is 18.1. The lowest BCUT2D eigenvalue weighted by Gasteiger charge is -2.21. The first kappa shape index (κ1) is 20.6. The molecule has 0 radical (unpaired) electrons. The third kappa shape index (κ3) is 5.70. The van der Waals surface area contributed by atoms with Crippen molar-refractivity contribution in [3.63, 3.8) is 0 Å². The van der Waals surface area contributed by atoms with E-state index in [0.717, 1.165) is 18.7 Å². The summed E-state index contributed by atoms with van der Waals surface area (Å²) in [7, 11) is 0. The number of benzene rings is 2. The molecule has 148 valence electrons. The Hall–Kier alpha value is -2.10. The van der Waals surface area contributed by atoms with E-state index in [4.69, 9.17) is 4.74 Å². The summed E-state index contributed by atoms with van der Waals surface area (Å²) < 4.78 is 5.81. The molecule has 1 heterocycles. The molecular formula is C25H31NOS. The summed E-state index contributed by atoms with van der Waals surface area (Å²) in [4.78, 5) is 1.39. The van der Waals surface area contributed by atoms with E-state index in [2.05, 4.69) is 99.1 Å². The van der Waals surface area contributed by atoms with E-state index in [1.165, 1.54) is 21.6 Å². The smallest absolute Gasteiger partial charge is 0.119 e. The molecule has 0 bridgehead atoms. The average molecular weight is 394 g/mol. The van der Waals surface area contributed by atoms with Gasteiger partial charge in [-0.3, -0.25) is 0 Å². The van der Waals surface area contributed by atoms with Gasteiger partial charge in [-0.15, -0.1) is 11.3 Å². The van der Waals surface area contributed by atoms with Crippen LogP contribution in [0.25, 0.3) is 0 Å². The first-order valence-electron chi connectivity index (χ1n) is 10.1. The van der Waals surface area contributed by atoms with E-state index in [-0.39, 0.29) is 6.10 Å². The highest BCUT2D eigenvalue weighted by molar-refractivity contribution is 7.10. The lowest BCUT2D eigenvalue weighted by molar-refractivity contribution is 0.242. The molecule has 2 atom stereocenters. The van der Waals surface area contributed by atoms with Gasteiger partial charge in [0.05, 0.1) is 6.10 Å². The van der Waals surface area contributed by atoms with Crippen molar-refractivity contribution >= 4 is 11.3 Å². The molecule has 0 aliphatic rings. The highest BCUT2D eigenvalue weighted by atomic mass is 32.1. The van der Waals surface area contributed by atoms with Gasteiger partial charge in [0.25, 0.3) is 0 Å². The van der Waals surface area contributed by atoms with Gasteiger partial charge in [0.1, 0.15) is 5.75 Å². The molecular weight excluding hydrogens is 362 g/mol. The van der Waals surface area contributed by atoms with Gasteiger partial charge in [-0.2, -0.15) is 0 Å². The van der Waals surface area contributed by atoms with Crippen LogP contribution in [0.1, 0.15) is 60.7 Å². The van der Waals surface area contributed by atoms with Gasteiger partial charge in [-0.25, -0.2) is 0 Å². The molecule has 2 aromatic carbocycles. The monoisotopic (exact) mass is 393 g/mol. The zero-order valence-electron chi connectivity index (χ0n) is 17.3. The fraction of sp³-hybridized carbons (Fsp3) is 0.360. The average Bonchev–Trinajstić information content (AvgIpc) is 3.21. The molecule has 3 rings (SSSR count). The van der Waals surface area contributed by atoms with Crippen LogP contribution >= 0.6 is 11.3 Å². The molecule has 0 amide bonds. The fourth-order valence-electron chi connectivity index (χ4n) is 3.46. The summed E-state index contributed by atoms with van der Waals surface area (Å²) in [5, 5.41) is 5.83. The van der Waals surface area contributed by atoms with Gasteiger partial charge < -0.3 is 10.1 Å². The molecule has 0 aliphatic carbocycles. The van der Waals surface area contributed by atoms with E-state index >= 15 is 0 Å². The minimum Gasteiger partial charge on any atom is -0.491 e. The predicted octanol–water partition coefficient (Wildman–Crippen LogP) is 6.72. The third-order valence-corrected chi connectivity index (χ3v) is 6.04. The van der Waals surface area contributed by atoms with Crippen LogP contribution in [-0.4, -0.2) is 12.6 Å². The number of aryl methyl sites for hydroxylation is 1. The van der Waals surface area contributed by atoms with Crippen LogP contribution < -0.4 is 10.1 Å². The maximum absolute atomic E-state index is 5.81. The highest BCUT2D eigenvalue weighted by Gasteiger charge is 2.15. The van der Waals surface area contributed by atoms with Gasteiger partial charge in [0.15, 0.2) is 0 Å². The van der Waals surface area contributed by atoms with Crippen LogP contribution in [-0.2, 0) is 0 Å². The Morgan fingerprint density at radius 1 is 0.893 bits per heavy atom. The molecule has 1 aromatic heterocycles. The highest BCUT2D eigenvalue weighted by Crippen LogP contribution is 2.30. The maximum atomic E-state index is 5.81. The molecule has 0 spiro atoms. The Morgan fingerprint density at radius 2 is 1.54 bits per heavy atom. The van der Waals surface area contributed by atoms with Crippen molar-refractivity contribution in [2.24, 2.45) is 0 Å². The van der Waals surface area contributed by atoms with Gasteiger partial charge in [0, 0.05) is 16.8 Å². The van der Waals surface area contributed by atoms with Crippen molar-refractivity contribution in [1.82, 2.24) is 5.32 Å². The normalized spacial score (nSPS) is 13.5. The van der Waals surface area contributed by atoms with Gasteiger partial charge in [-0.05, 0) is 75.4 Å². The first-order valence-corrected chi connectivity index (χ1v) is 11.0. The van der Waals surface area contributed by atoms with Crippen LogP contribution in [0.2, 0.25) is 0 Å². The minimum absolute atomic E-state index is 0.196. The van der Waals surface area contributed by atoms with Crippen molar-refractivity contribution in [2.75, 3.05) is 6.54 Å². The zero-order chi connectivity index (χ0) is 19.9. The minimum atomic E-state index is 0.196. The Bertz CT molecular complexity index is 822. The first-order chi connectivity index (χ1) is 13.5. The molecule has 0 saturated heterocycles. The van der Waals surface area contributed by atoms with Crippen molar-refractivity contribution in [2.45, 2.75) is 52.2 Å². The topological polar surface area (TPSA) is 21.3 Å². The molecule has 0 saturated carbocycles. The lowest BCUT2D eigenvalue weighted by atomic mass is 9.88. The van der Waals surface area contributed by atoms with Crippen molar-refractivity contribution in [3.05, 3.63) is 87.6 Å². The van der Waals surface area contributed by atoms with E-state index in [1.807, 2.05) is 11.3 Å². The van der Waals surface area contributed by atoms with Gasteiger partial charge in [-0.1, -0.05) is 48.0 Å². The van der Waals surface area contributed by atoms with Gasteiger partial charge >= 0.3 is 0 Å². The molecule has 1 N–H and O–H groups in total. The second-order valence-corrected chi connectivity index (χ2v) is 8.66. The summed E-state index contributed by atoms with van der Waals surface area (Å²) >= 11 is 1.81. The maximum Gasteiger partial charge on any atom is 0.119 e. The molecule has 28 heavy (non-hydrogen) atoms. The number of ether oxygens (including phenoxy) is 1. The van der Waals surface area contributed by atoms with Crippen LogP contribution in [0, 0.1) is 6.92 Å². The Kier molecular flexibility index (Phi) is 7.30. The Morgan fingerprint density at radius 3 is 2.11 bits per heavy atom. The Labute approximate surface area is 173 Å². The number of thiophene rings is 1. The summed E-state index contributed by atoms with van der Waals surface area (Å²) in [6.45, 7) is 9.47. The fourth-order valence-corrected chi connectivity index (χ4v) is 4.22. The number of hydrogen-bond donors (Lipinski definition) is 1. The van der Waals surface area contributed by atoms with Crippen molar-refractivity contribution in [3.8, 4) is 5.75 Å². The molecule has 0 fully saturated rings. The SMILES string of the molecule is Cc1ccc(C(CCNC(C)c2cccs2)c2ccc(OC(C)C)cc2)cc1. The summed E-state index contributed by atoms with van der Waals surface area (Å²) in [5.41, 5.74) is 4.01. The van der Waals surface area contributed by atoms with Gasteiger partial charge in [0.2, 0.25) is 0 Å². The molecule has 3 heteroatoms. The van der Waals surface area contributed by atoms with E-state index in [0.29, 0.717) is 12.0 Å². The number of hydrogen-bond acceptors (Lipinski definition) is 3. The largest absolute Gasteiger partial charge is 0.491 e. The van der Waals surface area contributed by atoms with Crippen LogP contribution in [0.4, 0.5) is 0 Å².